The Hall–Kier alpha value is -3.30. The van der Waals surface area contributed by atoms with Crippen molar-refractivity contribution < 1.29 is 19.6 Å². The molecule has 2 aromatic rings. The van der Waals surface area contributed by atoms with E-state index in [1.165, 1.54) is 27.8 Å². The van der Waals surface area contributed by atoms with Crippen LogP contribution in [0.25, 0.3) is 5.69 Å². The van der Waals surface area contributed by atoms with Crippen LogP contribution < -0.4 is 0 Å². The third-order valence-corrected chi connectivity index (χ3v) is 3.85. The summed E-state index contributed by atoms with van der Waals surface area (Å²) in [5.74, 6) is -1.26. The predicted molar refractivity (Wildman–Crippen MR) is 95.7 cm³/mol. The summed E-state index contributed by atoms with van der Waals surface area (Å²) in [5.41, 5.74) is 0.824. The van der Waals surface area contributed by atoms with Crippen LogP contribution in [0, 0.1) is 23.0 Å². The highest BCUT2D eigenvalue weighted by Crippen LogP contribution is 2.19. The number of carboxylic acid groups (broad SMARTS) is 1. The summed E-state index contributed by atoms with van der Waals surface area (Å²) < 4.78 is 1.35. The number of hydrogen-bond acceptors (Lipinski definition) is 6. The van der Waals surface area contributed by atoms with Crippen LogP contribution in [-0.2, 0) is 4.79 Å². The lowest BCUT2D eigenvalue weighted by atomic mass is 10.2. The molecule has 10 heteroatoms. The number of non-ortho nitro benzene ring substituents is 1. The number of nitro benzene ring substituents is 1. The van der Waals surface area contributed by atoms with E-state index in [-0.39, 0.29) is 30.3 Å². The van der Waals surface area contributed by atoms with Crippen molar-refractivity contribution in [3.05, 3.63) is 45.8 Å². The summed E-state index contributed by atoms with van der Waals surface area (Å²) in [5, 5.41) is 27.7. The normalized spacial score (nSPS) is 10.8. The fourth-order valence-corrected chi connectivity index (χ4v) is 2.61. The van der Waals surface area contributed by atoms with Gasteiger partial charge in [-0.1, -0.05) is 25.1 Å². The van der Waals surface area contributed by atoms with Crippen molar-refractivity contribution >= 4 is 17.6 Å². The Kier molecular flexibility index (Phi) is 6.22. The molecule has 0 unspecified atom stereocenters. The van der Waals surface area contributed by atoms with Gasteiger partial charge in [0, 0.05) is 25.2 Å². The van der Waals surface area contributed by atoms with Gasteiger partial charge in [-0.15, -0.1) is 5.10 Å². The SMILES string of the molecule is Cc1c(C(=O)N(CCC(=O)O)CC(C)C)nnn1-c1cccc([N+](=O)[O-])c1. The largest absolute Gasteiger partial charge is 0.481 e. The first kappa shape index (κ1) is 20.0. The van der Waals surface area contributed by atoms with Crippen LogP contribution in [0.5, 0.6) is 0 Å². The van der Waals surface area contributed by atoms with Gasteiger partial charge >= 0.3 is 5.97 Å². The van der Waals surface area contributed by atoms with Crippen molar-refractivity contribution in [2.75, 3.05) is 13.1 Å². The molecule has 0 aliphatic rings. The molecular formula is C17H21N5O5. The van der Waals surface area contributed by atoms with Crippen LogP contribution in [0.3, 0.4) is 0 Å². The van der Waals surface area contributed by atoms with E-state index in [1.54, 1.807) is 13.0 Å². The number of hydrogen-bond donors (Lipinski definition) is 1. The van der Waals surface area contributed by atoms with Crippen LogP contribution in [0.2, 0.25) is 0 Å². The summed E-state index contributed by atoms with van der Waals surface area (Å²) in [6.07, 6.45) is -0.170. The molecule has 0 saturated carbocycles. The van der Waals surface area contributed by atoms with Crippen LogP contribution in [0.4, 0.5) is 5.69 Å². The van der Waals surface area contributed by atoms with Gasteiger partial charge < -0.3 is 10.0 Å². The molecule has 2 rings (SSSR count). The topological polar surface area (TPSA) is 131 Å². The van der Waals surface area contributed by atoms with E-state index in [4.69, 9.17) is 5.11 Å². The third kappa shape index (κ3) is 4.87. The molecule has 0 aliphatic heterocycles. The molecule has 0 spiro atoms. The molecule has 1 amide bonds. The van der Waals surface area contributed by atoms with Crippen molar-refractivity contribution in [2.24, 2.45) is 5.92 Å². The third-order valence-electron chi connectivity index (χ3n) is 3.85. The summed E-state index contributed by atoms with van der Waals surface area (Å²) in [4.78, 5) is 35.6. The van der Waals surface area contributed by atoms with Crippen LogP contribution >= 0.6 is 0 Å². The van der Waals surface area contributed by atoms with Crippen LogP contribution in [0.15, 0.2) is 24.3 Å². The molecular weight excluding hydrogens is 354 g/mol. The van der Waals surface area contributed by atoms with Crippen LogP contribution in [-0.4, -0.2) is 54.9 Å². The molecule has 144 valence electrons. The molecule has 1 aromatic carbocycles. The number of aliphatic carboxylic acids is 1. The van der Waals surface area contributed by atoms with E-state index in [2.05, 4.69) is 10.3 Å². The van der Waals surface area contributed by atoms with E-state index in [0.717, 1.165) is 0 Å². The maximum atomic E-state index is 12.8. The van der Waals surface area contributed by atoms with E-state index in [0.29, 0.717) is 17.9 Å². The Bertz CT molecular complexity index is 861. The zero-order valence-electron chi connectivity index (χ0n) is 15.3. The van der Waals surface area contributed by atoms with Crippen molar-refractivity contribution in [1.82, 2.24) is 19.9 Å². The Morgan fingerprint density at radius 3 is 2.67 bits per heavy atom. The standard InChI is InChI=1S/C17H21N5O5/c1-11(2)10-20(8-7-15(23)24)17(25)16-12(3)21(19-18-16)13-5-4-6-14(9-13)22(26)27/h4-6,9,11H,7-8,10H2,1-3H3,(H,23,24). The Balaban J connectivity index is 2.33. The molecule has 0 atom stereocenters. The van der Waals surface area contributed by atoms with Gasteiger partial charge in [0.1, 0.15) is 0 Å². The molecule has 27 heavy (non-hydrogen) atoms. The summed E-state index contributed by atoms with van der Waals surface area (Å²) >= 11 is 0. The number of carbonyl (C=O) groups is 2. The smallest absolute Gasteiger partial charge is 0.305 e. The second-order valence-corrected chi connectivity index (χ2v) is 6.50. The number of carboxylic acids is 1. The molecule has 0 fully saturated rings. The Morgan fingerprint density at radius 1 is 1.37 bits per heavy atom. The zero-order chi connectivity index (χ0) is 20.1. The first-order valence-corrected chi connectivity index (χ1v) is 8.39. The molecule has 1 aromatic heterocycles. The van der Waals surface area contributed by atoms with Gasteiger partial charge in [-0.05, 0) is 18.9 Å². The highest BCUT2D eigenvalue weighted by Gasteiger charge is 2.24. The first-order chi connectivity index (χ1) is 12.7. The summed E-state index contributed by atoms with van der Waals surface area (Å²) in [6.45, 7) is 5.93. The predicted octanol–water partition coefficient (Wildman–Crippen LogP) is 2.06. The molecule has 1 heterocycles. The second-order valence-electron chi connectivity index (χ2n) is 6.50. The van der Waals surface area contributed by atoms with Crippen molar-refractivity contribution in [3.8, 4) is 5.69 Å². The van der Waals surface area contributed by atoms with Crippen molar-refractivity contribution in [2.45, 2.75) is 27.2 Å². The second kappa shape index (κ2) is 8.39. The lowest BCUT2D eigenvalue weighted by Gasteiger charge is -2.23. The van der Waals surface area contributed by atoms with Gasteiger partial charge in [0.2, 0.25) is 0 Å². The lowest BCUT2D eigenvalue weighted by Crippen LogP contribution is -2.36. The first-order valence-electron chi connectivity index (χ1n) is 8.39. The highest BCUT2D eigenvalue weighted by molar-refractivity contribution is 5.93. The minimum atomic E-state index is -0.992. The van der Waals surface area contributed by atoms with E-state index in [1.807, 2.05) is 13.8 Å². The quantitative estimate of drug-likeness (QED) is 0.551. The number of nitrogens with zero attached hydrogens (tertiary/aromatic N) is 5. The summed E-state index contributed by atoms with van der Waals surface area (Å²) in [7, 11) is 0. The number of rotatable bonds is 8. The molecule has 1 N–H and O–H groups in total. The fourth-order valence-electron chi connectivity index (χ4n) is 2.61. The summed E-state index contributed by atoms with van der Waals surface area (Å²) in [6, 6.07) is 5.84. The molecule has 0 saturated heterocycles. The average molecular weight is 375 g/mol. The fraction of sp³-hybridized carbons (Fsp3) is 0.412. The van der Waals surface area contributed by atoms with Crippen molar-refractivity contribution in [3.63, 3.8) is 0 Å². The zero-order valence-corrected chi connectivity index (χ0v) is 15.3. The van der Waals surface area contributed by atoms with Crippen LogP contribution in [0.1, 0.15) is 36.5 Å². The van der Waals surface area contributed by atoms with Gasteiger partial charge in [-0.3, -0.25) is 19.7 Å². The maximum absolute atomic E-state index is 12.8. The molecule has 0 aliphatic carbocycles. The number of aromatic nitrogens is 3. The lowest BCUT2D eigenvalue weighted by molar-refractivity contribution is -0.384. The van der Waals surface area contributed by atoms with E-state index in [9.17, 15) is 19.7 Å². The maximum Gasteiger partial charge on any atom is 0.305 e. The van der Waals surface area contributed by atoms with Gasteiger partial charge in [0.25, 0.3) is 11.6 Å². The van der Waals surface area contributed by atoms with E-state index < -0.39 is 16.8 Å². The van der Waals surface area contributed by atoms with Gasteiger partial charge in [0.15, 0.2) is 5.69 Å². The number of amides is 1. The van der Waals surface area contributed by atoms with E-state index >= 15 is 0 Å². The molecule has 0 bridgehead atoms. The Morgan fingerprint density at radius 2 is 2.07 bits per heavy atom. The van der Waals surface area contributed by atoms with Gasteiger partial charge in [-0.2, -0.15) is 0 Å². The highest BCUT2D eigenvalue weighted by atomic mass is 16.6. The Labute approximate surface area is 155 Å². The van der Waals surface area contributed by atoms with Gasteiger partial charge in [0.05, 0.1) is 22.7 Å². The average Bonchev–Trinajstić information content (AvgIpc) is 2.99. The number of nitro groups is 1. The molecule has 10 nitrogen and oxygen atoms in total. The number of carbonyl (C=O) groups excluding carboxylic acids is 1. The monoisotopic (exact) mass is 375 g/mol. The minimum absolute atomic E-state index is 0.0649. The minimum Gasteiger partial charge on any atom is -0.481 e. The van der Waals surface area contributed by atoms with Gasteiger partial charge in [-0.25, -0.2) is 4.68 Å². The number of benzene rings is 1. The molecule has 0 radical (unpaired) electrons. The van der Waals surface area contributed by atoms with Crippen molar-refractivity contribution in [1.29, 1.82) is 0 Å².